The summed E-state index contributed by atoms with van der Waals surface area (Å²) in [5.74, 6) is 0.219. The van der Waals surface area contributed by atoms with E-state index in [1.54, 1.807) is 0 Å². The van der Waals surface area contributed by atoms with E-state index in [1.807, 2.05) is 0 Å². The van der Waals surface area contributed by atoms with Crippen molar-refractivity contribution in [3.63, 3.8) is 0 Å². The number of pyridine rings is 1. The van der Waals surface area contributed by atoms with Crippen LogP contribution in [0, 0.1) is 16.0 Å². The summed E-state index contributed by atoms with van der Waals surface area (Å²) in [7, 11) is 0. The standard InChI is InChI=1S/C11H5F3N2OS/c12-11(13,14)7-4-8(9-2-1-3-17-9)16-10(18)6(7)5-15/h1-4H,(H,16,18). The van der Waals surface area contributed by atoms with Gasteiger partial charge in [-0.15, -0.1) is 0 Å². The van der Waals surface area contributed by atoms with Gasteiger partial charge in [-0.05, 0) is 18.2 Å². The first-order valence-corrected chi connectivity index (χ1v) is 5.13. The molecule has 1 N–H and O–H groups in total. The minimum Gasteiger partial charge on any atom is -0.463 e. The molecule has 0 saturated heterocycles. The highest BCUT2D eigenvalue weighted by atomic mass is 32.1. The average molecular weight is 270 g/mol. The minimum absolute atomic E-state index is 0.0799. The second-order valence-corrected chi connectivity index (χ2v) is 3.80. The molecule has 0 aromatic carbocycles. The van der Waals surface area contributed by atoms with Crippen LogP contribution in [-0.2, 0) is 6.18 Å². The molecule has 0 fully saturated rings. The van der Waals surface area contributed by atoms with Crippen LogP contribution in [0.25, 0.3) is 11.5 Å². The Bertz CT molecular complexity index is 665. The van der Waals surface area contributed by atoms with E-state index in [4.69, 9.17) is 21.9 Å². The quantitative estimate of drug-likeness (QED) is 0.800. The Morgan fingerprint density at radius 1 is 1.39 bits per heavy atom. The maximum atomic E-state index is 12.8. The molecule has 2 aromatic heterocycles. The zero-order valence-corrected chi connectivity index (χ0v) is 9.52. The van der Waals surface area contributed by atoms with E-state index >= 15 is 0 Å². The molecule has 0 radical (unpaired) electrons. The van der Waals surface area contributed by atoms with Crippen LogP contribution < -0.4 is 0 Å². The van der Waals surface area contributed by atoms with Crippen LogP contribution >= 0.6 is 12.2 Å². The van der Waals surface area contributed by atoms with Crippen LogP contribution in [0.15, 0.2) is 28.9 Å². The fraction of sp³-hybridized carbons (Fsp3) is 0.0909. The second-order valence-electron chi connectivity index (χ2n) is 3.39. The van der Waals surface area contributed by atoms with E-state index in [9.17, 15) is 13.2 Å². The maximum Gasteiger partial charge on any atom is 0.417 e. The van der Waals surface area contributed by atoms with Crippen molar-refractivity contribution in [3.05, 3.63) is 40.2 Å². The van der Waals surface area contributed by atoms with Crippen LogP contribution in [0.3, 0.4) is 0 Å². The molecule has 0 aliphatic heterocycles. The molecule has 0 amide bonds. The van der Waals surface area contributed by atoms with Gasteiger partial charge in [0.15, 0.2) is 0 Å². The molecule has 18 heavy (non-hydrogen) atoms. The van der Waals surface area contributed by atoms with Gasteiger partial charge < -0.3 is 9.40 Å². The SMILES string of the molecule is N#Cc1c(C(F)(F)F)cc(-c2ccco2)[nH]c1=S. The van der Waals surface area contributed by atoms with Gasteiger partial charge in [-0.25, -0.2) is 0 Å². The van der Waals surface area contributed by atoms with Crippen molar-refractivity contribution in [2.24, 2.45) is 0 Å². The fourth-order valence-corrected chi connectivity index (χ4v) is 1.72. The molecule has 2 rings (SSSR count). The highest BCUT2D eigenvalue weighted by Crippen LogP contribution is 2.34. The first kappa shape index (κ1) is 12.4. The van der Waals surface area contributed by atoms with Gasteiger partial charge in [-0.3, -0.25) is 0 Å². The highest BCUT2D eigenvalue weighted by Gasteiger charge is 2.35. The minimum atomic E-state index is -4.64. The Labute approximate surface area is 104 Å². The molecule has 0 aliphatic carbocycles. The van der Waals surface area contributed by atoms with Gasteiger partial charge in [-0.2, -0.15) is 18.4 Å². The maximum absolute atomic E-state index is 12.8. The van der Waals surface area contributed by atoms with Gasteiger partial charge in [0.05, 0.1) is 23.1 Å². The first-order chi connectivity index (χ1) is 8.43. The average Bonchev–Trinajstić information content (AvgIpc) is 2.80. The molecule has 0 atom stereocenters. The van der Waals surface area contributed by atoms with Crippen molar-refractivity contribution >= 4 is 12.2 Å². The Kier molecular flexibility index (Phi) is 2.97. The fourth-order valence-electron chi connectivity index (χ4n) is 1.46. The van der Waals surface area contributed by atoms with Gasteiger partial charge in [0.2, 0.25) is 0 Å². The van der Waals surface area contributed by atoms with Gasteiger partial charge in [0, 0.05) is 0 Å². The molecular formula is C11H5F3N2OS. The lowest BCUT2D eigenvalue weighted by Crippen LogP contribution is -2.09. The lowest BCUT2D eigenvalue weighted by Gasteiger charge is -2.10. The van der Waals surface area contributed by atoms with Gasteiger partial charge in [0.1, 0.15) is 16.5 Å². The number of hydrogen-bond acceptors (Lipinski definition) is 3. The number of nitrogens with zero attached hydrogens (tertiary/aromatic N) is 1. The summed E-state index contributed by atoms with van der Waals surface area (Å²) in [6.07, 6.45) is -3.31. The van der Waals surface area contributed by atoms with Crippen LogP contribution in [-0.4, -0.2) is 4.98 Å². The molecule has 3 nitrogen and oxygen atoms in total. The Morgan fingerprint density at radius 3 is 2.61 bits per heavy atom. The number of hydrogen-bond donors (Lipinski definition) is 1. The summed E-state index contributed by atoms with van der Waals surface area (Å²) in [6.45, 7) is 0. The predicted octanol–water partition coefficient (Wildman–Crippen LogP) is 3.89. The van der Waals surface area contributed by atoms with Crippen molar-refractivity contribution in [2.75, 3.05) is 0 Å². The summed E-state index contributed by atoms with van der Waals surface area (Å²) < 4.78 is 43.1. The normalized spacial score (nSPS) is 11.2. The van der Waals surface area contributed by atoms with E-state index < -0.39 is 17.3 Å². The van der Waals surface area contributed by atoms with Crippen LogP contribution in [0.4, 0.5) is 13.2 Å². The van der Waals surface area contributed by atoms with Gasteiger partial charge in [-0.1, -0.05) is 12.2 Å². The smallest absolute Gasteiger partial charge is 0.417 e. The molecule has 0 spiro atoms. The lowest BCUT2D eigenvalue weighted by molar-refractivity contribution is -0.137. The van der Waals surface area contributed by atoms with E-state index in [0.717, 1.165) is 6.07 Å². The predicted molar refractivity (Wildman–Crippen MR) is 59.0 cm³/mol. The van der Waals surface area contributed by atoms with Gasteiger partial charge >= 0.3 is 6.18 Å². The number of aromatic nitrogens is 1. The number of H-pyrrole nitrogens is 1. The monoisotopic (exact) mass is 270 g/mol. The Morgan fingerprint density at radius 2 is 2.11 bits per heavy atom. The van der Waals surface area contributed by atoms with Crippen molar-refractivity contribution < 1.29 is 17.6 Å². The number of aromatic amines is 1. The third-order valence-corrected chi connectivity index (χ3v) is 2.54. The number of halogens is 3. The number of alkyl halides is 3. The Balaban J connectivity index is 2.73. The summed E-state index contributed by atoms with van der Waals surface area (Å²) in [6, 6.07) is 5.30. The van der Waals surface area contributed by atoms with E-state index in [-0.39, 0.29) is 16.1 Å². The highest BCUT2D eigenvalue weighted by molar-refractivity contribution is 7.71. The molecular weight excluding hydrogens is 265 g/mol. The Hall–Kier alpha value is -2.07. The van der Waals surface area contributed by atoms with Crippen molar-refractivity contribution in [1.29, 1.82) is 5.26 Å². The van der Waals surface area contributed by atoms with E-state index in [0.29, 0.717) is 0 Å². The van der Waals surface area contributed by atoms with Crippen molar-refractivity contribution in [3.8, 4) is 17.5 Å². The molecule has 2 aromatic rings. The zero-order valence-electron chi connectivity index (χ0n) is 8.71. The molecule has 0 saturated carbocycles. The summed E-state index contributed by atoms with van der Waals surface area (Å²) in [5, 5.41) is 8.72. The molecule has 0 unspecified atom stereocenters. The van der Waals surface area contributed by atoms with Crippen LogP contribution in [0.2, 0.25) is 0 Å². The third kappa shape index (κ3) is 2.15. The van der Waals surface area contributed by atoms with Crippen LogP contribution in [0.5, 0.6) is 0 Å². The third-order valence-electron chi connectivity index (χ3n) is 2.24. The molecule has 0 aliphatic rings. The number of nitrogens with one attached hydrogen (secondary N) is 1. The van der Waals surface area contributed by atoms with E-state index in [2.05, 4.69) is 4.98 Å². The summed E-state index contributed by atoms with van der Waals surface area (Å²) in [5.41, 5.74) is -1.58. The number of nitriles is 1. The topological polar surface area (TPSA) is 52.7 Å². The number of rotatable bonds is 1. The number of furan rings is 1. The molecule has 7 heteroatoms. The molecule has 92 valence electrons. The molecule has 0 bridgehead atoms. The lowest BCUT2D eigenvalue weighted by atomic mass is 10.1. The van der Waals surface area contributed by atoms with Crippen molar-refractivity contribution in [2.45, 2.75) is 6.18 Å². The summed E-state index contributed by atoms with van der Waals surface area (Å²) >= 11 is 4.75. The largest absolute Gasteiger partial charge is 0.463 e. The van der Waals surface area contributed by atoms with Crippen molar-refractivity contribution in [1.82, 2.24) is 4.98 Å². The van der Waals surface area contributed by atoms with E-state index in [1.165, 1.54) is 24.5 Å². The van der Waals surface area contributed by atoms with Crippen LogP contribution in [0.1, 0.15) is 11.1 Å². The second kappa shape index (κ2) is 4.31. The molecule has 2 heterocycles. The van der Waals surface area contributed by atoms with Gasteiger partial charge in [0.25, 0.3) is 0 Å². The first-order valence-electron chi connectivity index (χ1n) is 4.72. The zero-order chi connectivity index (χ0) is 13.3. The summed E-state index contributed by atoms with van der Waals surface area (Å²) in [4.78, 5) is 2.54.